The van der Waals surface area contributed by atoms with Gasteiger partial charge < -0.3 is 4.48 Å². The van der Waals surface area contributed by atoms with Gasteiger partial charge in [0.2, 0.25) is 0 Å². The highest BCUT2D eigenvalue weighted by Gasteiger charge is 2.13. The molecule has 1 aliphatic heterocycles. The summed E-state index contributed by atoms with van der Waals surface area (Å²) in [4.78, 5) is 0. The molecule has 1 fully saturated rings. The van der Waals surface area contributed by atoms with Crippen LogP contribution in [0.4, 0.5) is 0 Å². The number of rotatable bonds is 0. The molecule has 1 aliphatic rings. The molecule has 0 N–H and O–H groups in total. The average molecular weight is 184 g/mol. The van der Waals surface area contributed by atoms with Crippen molar-refractivity contribution in [2.24, 2.45) is 0 Å². The average Bonchev–Trinajstić information content (AvgIpc) is 2.10. The maximum Gasteiger partial charge on any atom is 0.0782 e. The molecule has 1 nitrogen and oxygen atoms in total. The first kappa shape index (κ1) is 11.0. The summed E-state index contributed by atoms with van der Waals surface area (Å²) in [5.41, 5.74) is 0. The number of quaternary nitrogens is 1. The molecule has 78 valence electrons. The summed E-state index contributed by atoms with van der Waals surface area (Å²) in [5, 5.41) is 0. The minimum absolute atomic E-state index is 1.25. The molecule has 1 saturated heterocycles. The van der Waals surface area contributed by atoms with Crippen LogP contribution < -0.4 is 0 Å². The minimum atomic E-state index is 1.25. The fourth-order valence-electron chi connectivity index (χ4n) is 2.25. The van der Waals surface area contributed by atoms with Gasteiger partial charge in [0.05, 0.1) is 27.2 Å². The molecule has 0 aromatic heterocycles. The van der Waals surface area contributed by atoms with Crippen molar-refractivity contribution >= 4 is 0 Å². The van der Waals surface area contributed by atoms with Crippen LogP contribution >= 0.6 is 0 Å². The quantitative estimate of drug-likeness (QED) is 0.507. The normalized spacial score (nSPS) is 26.3. The SMILES string of the molecule is C[N+]1(C)CCCCCCCCCC1. The molecular formula is C12H26N+. The largest absolute Gasteiger partial charge is 0.328 e. The van der Waals surface area contributed by atoms with Crippen LogP contribution in [-0.2, 0) is 0 Å². The van der Waals surface area contributed by atoms with E-state index in [4.69, 9.17) is 0 Å². The summed E-state index contributed by atoms with van der Waals surface area (Å²) < 4.78 is 1.25. The summed E-state index contributed by atoms with van der Waals surface area (Å²) in [6, 6.07) is 0. The Labute approximate surface area is 83.7 Å². The number of nitrogens with zero attached hydrogens (tertiary/aromatic N) is 1. The summed E-state index contributed by atoms with van der Waals surface area (Å²) in [7, 11) is 4.77. The van der Waals surface area contributed by atoms with E-state index in [9.17, 15) is 0 Å². The van der Waals surface area contributed by atoms with Crippen molar-refractivity contribution in [2.45, 2.75) is 51.4 Å². The van der Waals surface area contributed by atoms with Gasteiger partial charge in [0.1, 0.15) is 0 Å². The number of hydrogen-bond donors (Lipinski definition) is 0. The Balaban J connectivity index is 2.27. The van der Waals surface area contributed by atoms with Gasteiger partial charge in [-0.25, -0.2) is 0 Å². The second-order valence-corrected chi connectivity index (χ2v) is 5.21. The second-order valence-electron chi connectivity index (χ2n) is 5.21. The first-order chi connectivity index (χ1) is 6.21. The summed E-state index contributed by atoms with van der Waals surface area (Å²) in [5.74, 6) is 0. The standard InChI is InChI=1S/C12H26N/c1-13(2)11-9-7-5-3-4-6-8-10-12-13/h3-12H2,1-2H3/q+1. The first-order valence-electron chi connectivity index (χ1n) is 6.03. The highest BCUT2D eigenvalue weighted by Crippen LogP contribution is 2.14. The van der Waals surface area contributed by atoms with Crippen LogP contribution in [0.5, 0.6) is 0 Å². The van der Waals surface area contributed by atoms with Crippen molar-refractivity contribution in [3.63, 3.8) is 0 Å². The van der Waals surface area contributed by atoms with Crippen molar-refractivity contribution in [2.75, 3.05) is 27.2 Å². The lowest BCUT2D eigenvalue weighted by Gasteiger charge is -2.29. The molecule has 13 heavy (non-hydrogen) atoms. The molecular weight excluding hydrogens is 158 g/mol. The van der Waals surface area contributed by atoms with Crippen molar-refractivity contribution < 1.29 is 4.48 Å². The van der Waals surface area contributed by atoms with Crippen molar-refractivity contribution in [1.29, 1.82) is 0 Å². The predicted octanol–water partition coefficient (Wildman–Crippen LogP) is 3.20. The van der Waals surface area contributed by atoms with E-state index in [1.807, 2.05) is 0 Å². The van der Waals surface area contributed by atoms with Gasteiger partial charge in [-0.2, -0.15) is 0 Å². The van der Waals surface area contributed by atoms with Crippen molar-refractivity contribution in [3.8, 4) is 0 Å². The van der Waals surface area contributed by atoms with Crippen LogP contribution in [0.3, 0.4) is 0 Å². The third-order valence-corrected chi connectivity index (χ3v) is 3.28. The minimum Gasteiger partial charge on any atom is -0.328 e. The Hall–Kier alpha value is -0.0400. The van der Waals surface area contributed by atoms with Crippen LogP contribution in [0.1, 0.15) is 51.4 Å². The third-order valence-electron chi connectivity index (χ3n) is 3.28. The lowest BCUT2D eigenvalue weighted by atomic mass is 10.1. The van der Waals surface area contributed by atoms with Gasteiger partial charge in [0, 0.05) is 0 Å². The molecule has 0 aromatic rings. The zero-order chi connectivity index (χ0) is 9.57. The van der Waals surface area contributed by atoms with E-state index in [1.165, 1.54) is 68.9 Å². The van der Waals surface area contributed by atoms with E-state index in [0.717, 1.165) is 0 Å². The predicted molar refractivity (Wildman–Crippen MR) is 58.8 cm³/mol. The highest BCUT2D eigenvalue weighted by atomic mass is 15.3. The van der Waals surface area contributed by atoms with Gasteiger partial charge in [-0.3, -0.25) is 0 Å². The Bertz CT molecular complexity index is 115. The summed E-state index contributed by atoms with van der Waals surface area (Å²) >= 11 is 0. The molecule has 1 heterocycles. The monoisotopic (exact) mass is 184 g/mol. The molecule has 0 bridgehead atoms. The van der Waals surface area contributed by atoms with E-state index >= 15 is 0 Å². The molecule has 1 heteroatoms. The molecule has 0 radical (unpaired) electrons. The number of hydrogen-bond acceptors (Lipinski definition) is 0. The Morgan fingerprint density at radius 1 is 0.538 bits per heavy atom. The molecule has 0 aliphatic carbocycles. The van der Waals surface area contributed by atoms with E-state index in [0.29, 0.717) is 0 Å². The van der Waals surface area contributed by atoms with Gasteiger partial charge >= 0.3 is 0 Å². The van der Waals surface area contributed by atoms with Crippen molar-refractivity contribution in [1.82, 2.24) is 0 Å². The molecule has 1 rings (SSSR count). The molecule has 0 unspecified atom stereocenters. The zero-order valence-electron chi connectivity index (χ0n) is 9.52. The Morgan fingerprint density at radius 3 is 1.23 bits per heavy atom. The molecule has 0 amide bonds. The maximum atomic E-state index is 2.39. The van der Waals surface area contributed by atoms with E-state index < -0.39 is 0 Å². The molecule has 0 aromatic carbocycles. The Kier molecular flexibility index (Phi) is 4.79. The third kappa shape index (κ3) is 5.30. The molecule has 0 saturated carbocycles. The lowest BCUT2D eigenvalue weighted by Crippen LogP contribution is -2.41. The molecule has 0 atom stereocenters. The van der Waals surface area contributed by atoms with Gasteiger partial charge in [-0.15, -0.1) is 0 Å². The van der Waals surface area contributed by atoms with Gasteiger partial charge in [-0.05, 0) is 25.7 Å². The first-order valence-corrected chi connectivity index (χ1v) is 6.03. The van der Waals surface area contributed by atoms with Gasteiger partial charge in [0.15, 0.2) is 0 Å². The van der Waals surface area contributed by atoms with Crippen LogP contribution in [0, 0.1) is 0 Å². The van der Waals surface area contributed by atoms with Crippen LogP contribution in [-0.4, -0.2) is 31.7 Å². The Morgan fingerprint density at radius 2 is 0.846 bits per heavy atom. The van der Waals surface area contributed by atoms with Crippen molar-refractivity contribution in [3.05, 3.63) is 0 Å². The maximum absolute atomic E-state index is 2.39. The van der Waals surface area contributed by atoms with Gasteiger partial charge in [-0.1, -0.05) is 25.7 Å². The summed E-state index contributed by atoms with van der Waals surface area (Å²) in [6.45, 7) is 2.78. The second kappa shape index (κ2) is 5.64. The van der Waals surface area contributed by atoms with Crippen LogP contribution in [0.2, 0.25) is 0 Å². The van der Waals surface area contributed by atoms with E-state index in [1.54, 1.807) is 0 Å². The van der Waals surface area contributed by atoms with Gasteiger partial charge in [0.25, 0.3) is 0 Å². The topological polar surface area (TPSA) is 0 Å². The van der Waals surface area contributed by atoms with E-state index in [-0.39, 0.29) is 0 Å². The van der Waals surface area contributed by atoms with Crippen LogP contribution in [0.25, 0.3) is 0 Å². The summed E-state index contributed by atoms with van der Waals surface area (Å²) in [6.07, 6.45) is 11.7. The fourth-order valence-corrected chi connectivity index (χ4v) is 2.25. The zero-order valence-corrected chi connectivity index (χ0v) is 9.52. The van der Waals surface area contributed by atoms with Crippen LogP contribution in [0.15, 0.2) is 0 Å². The lowest BCUT2D eigenvalue weighted by molar-refractivity contribution is -0.890. The van der Waals surface area contributed by atoms with E-state index in [2.05, 4.69) is 14.1 Å². The molecule has 0 spiro atoms. The smallest absolute Gasteiger partial charge is 0.0782 e. The fraction of sp³-hybridized carbons (Fsp3) is 1.00. The highest BCUT2D eigenvalue weighted by molar-refractivity contribution is 4.49.